The summed E-state index contributed by atoms with van der Waals surface area (Å²) in [6.07, 6.45) is 2.37. The zero-order valence-electron chi connectivity index (χ0n) is 7.30. The number of carbonyl (C=O) groups is 1. The Morgan fingerprint density at radius 2 is 2.18 bits per heavy atom. The topological polar surface area (TPSA) is 52.3 Å². The SMILES string of the molecule is COC(=O)CC[C@H](C)CCN. The average Bonchev–Trinajstić information content (AvgIpc) is 2.01. The van der Waals surface area contributed by atoms with Crippen molar-refractivity contribution in [2.75, 3.05) is 13.7 Å². The van der Waals surface area contributed by atoms with E-state index in [1.54, 1.807) is 0 Å². The molecule has 0 aromatic heterocycles. The summed E-state index contributed by atoms with van der Waals surface area (Å²) >= 11 is 0. The van der Waals surface area contributed by atoms with Crippen molar-refractivity contribution in [3.05, 3.63) is 0 Å². The molecule has 0 saturated heterocycles. The zero-order chi connectivity index (χ0) is 8.69. The van der Waals surface area contributed by atoms with Crippen molar-refractivity contribution in [2.45, 2.75) is 26.2 Å². The Morgan fingerprint density at radius 1 is 1.55 bits per heavy atom. The fourth-order valence-corrected chi connectivity index (χ4v) is 0.895. The van der Waals surface area contributed by atoms with E-state index in [1.165, 1.54) is 7.11 Å². The second kappa shape index (κ2) is 6.16. The third-order valence-corrected chi connectivity index (χ3v) is 1.73. The number of ether oxygens (including phenoxy) is 1. The number of esters is 1. The third kappa shape index (κ3) is 5.85. The molecule has 0 amide bonds. The van der Waals surface area contributed by atoms with E-state index in [9.17, 15) is 4.79 Å². The van der Waals surface area contributed by atoms with Crippen molar-refractivity contribution in [3.63, 3.8) is 0 Å². The van der Waals surface area contributed by atoms with Gasteiger partial charge < -0.3 is 10.5 Å². The number of carbonyl (C=O) groups excluding carboxylic acids is 1. The molecule has 3 nitrogen and oxygen atoms in total. The smallest absolute Gasteiger partial charge is 0.305 e. The van der Waals surface area contributed by atoms with Gasteiger partial charge in [-0.05, 0) is 25.3 Å². The molecule has 0 bridgehead atoms. The molecule has 0 unspecified atom stereocenters. The molecule has 0 radical (unpaired) electrons. The van der Waals surface area contributed by atoms with Crippen LogP contribution in [0.3, 0.4) is 0 Å². The zero-order valence-corrected chi connectivity index (χ0v) is 7.30. The maximum Gasteiger partial charge on any atom is 0.305 e. The minimum absolute atomic E-state index is 0.131. The molecular formula is C8H17NO2. The van der Waals surface area contributed by atoms with Crippen LogP contribution in [-0.4, -0.2) is 19.6 Å². The molecule has 0 fully saturated rings. The summed E-state index contributed by atoms with van der Waals surface area (Å²) in [5.74, 6) is 0.396. The lowest BCUT2D eigenvalue weighted by Gasteiger charge is -2.07. The molecule has 0 aliphatic carbocycles. The molecule has 11 heavy (non-hydrogen) atoms. The summed E-state index contributed by atoms with van der Waals surface area (Å²) in [6, 6.07) is 0. The fourth-order valence-electron chi connectivity index (χ4n) is 0.895. The van der Waals surface area contributed by atoms with Gasteiger partial charge in [-0.25, -0.2) is 0 Å². The molecule has 0 saturated carbocycles. The van der Waals surface area contributed by atoms with Crippen LogP contribution in [0.15, 0.2) is 0 Å². The molecule has 0 heterocycles. The van der Waals surface area contributed by atoms with E-state index in [0.717, 1.165) is 12.8 Å². The van der Waals surface area contributed by atoms with Crippen molar-refractivity contribution in [1.82, 2.24) is 0 Å². The van der Waals surface area contributed by atoms with Gasteiger partial charge in [0.15, 0.2) is 0 Å². The Morgan fingerprint density at radius 3 is 2.64 bits per heavy atom. The molecular weight excluding hydrogens is 142 g/mol. The first-order chi connectivity index (χ1) is 5.20. The number of rotatable bonds is 5. The third-order valence-electron chi connectivity index (χ3n) is 1.73. The Hall–Kier alpha value is -0.570. The highest BCUT2D eigenvalue weighted by Crippen LogP contribution is 2.08. The van der Waals surface area contributed by atoms with E-state index in [0.29, 0.717) is 18.9 Å². The maximum absolute atomic E-state index is 10.7. The summed E-state index contributed by atoms with van der Waals surface area (Å²) in [7, 11) is 1.41. The molecule has 2 N–H and O–H groups in total. The molecule has 3 heteroatoms. The summed E-state index contributed by atoms with van der Waals surface area (Å²) < 4.78 is 4.51. The van der Waals surface area contributed by atoms with Crippen LogP contribution in [0.5, 0.6) is 0 Å². The highest BCUT2D eigenvalue weighted by molar-refractivity contribution is 5.69. The summed E-state index contributed by atoms with van der Waals surface area (Å²) in [4.78, 5) is 10.7. The van der Waals surface area contributed by atoms with Crippen molar-refractivity contribution < 1.29 is 9.53 Å². The van der Waals surface area contributed by atoms with E-state index in [2.05, 4.69) is 11.7 Å². The van der Waals surface area contributed by atoms with E-state index in [4.69, 9.17) is 5.73 Å². The monoisotopic (exact) mass is 159 g/mol. The van der Waals surface area contributed by atoms with Gasteiger partial charge in [0.2, 0.25) is 0 Å². The normalized spacial score (nSPS) is 12.6. The first kappa shape index (κ1) is 10.4. The van der Waals surface area contributed by atoms with Crippen LogP contribution in [0.4, 0.5) is 0 Å². The molecule has 0 rings (SSSR count). The summed E-state index contributed by atoms with van der Waals surface area (Å²) in [6.45, 7) is 2.79. The van der Waals surface area contributed by atoms with Crippen LogP contribution in [0.2, 0.25) is 0 Å². The lowest BCUT2D eigenvalue weighted by Crippen LogP contribution is -2.08. The predicted molar refractivity (Wildman–Crippen MR) is 44.1 cm³/mol. The van der Waals surface area contributed by atoms with Crippen LogP contribution in [0, 0.1) is 5.92 Å². The van der Waals surface area contributed by atoms with Gasteiger partial charge in [0.25, 0.3) is 0 Å². The van der Waals surface area contributed by atoms with Gasteiger partial charge in [-0.15, -0.1) is 0 Å². The van der Waals surface area contributed by atoms with Gasteiger partial charge >= 0.3 is 5.97 Å². The van der Waals surface area contributed by atoms with Gasteiger partial charge in [0, 0.05) is 6.42 Å². The Labute approximate surface area is 67.9 Å². The average molecular weight is 159 g/mol. The summed E-state index contributed by atoms with van der Waals surface area (Å²) in [5.41, 5.74) is 5.35. The number of hydrogen-bond donors (Lipinski definition) is 1. The number of nitrogens with two attached hydrogens (primary N) is 1. The van der Waals surface area contributed by atoms with Gasteiger partial charge in [0.05, 0.1) is 7.11 Å². The Bertz CT molecular complexity index is 115. The quantitative estimate of drug-likeness (QED) is 0.607. The van der Waals surface area contributed by atoms with E-state index in [-0.39, 0.29) is 5.97 Å². The lowest BCUT2D eigenvalue weighted by atomic mass is 10.0. The minimum Gasteiger partial charge on any atom is -0.469 e. The molecule has 0 spiro atoms. The Balaban J connectivity index is 3.29. The van der Waals surface area contributed by atoms with E-state index >= 15 is 0 Å². The predicted octanol–water partition coefficient (Wildman–Crippen LogP) is 0.924. The van der Waals surface area contributed by atoms with Gasteiger partial charge in [0.1, 0.15) is 0 Å². The Kier molecular flexibility index (Phi) is 5.84. The largest absolute Gasteiger partial charge is 0.469 e. The first-order valence-electron chi connectivity index (χ1n) is 3.97. The van der Waals surface area contributed by atoms with Crippen LogP contribution < -0.4 is 5.73 Å². The number of hydrogen-bond acceptors (Lipinski definition) is 3. The van der Waals surface area contributed by atoms with E-state index in [1.807, 2.05) is 0 Å². The second-order valence-electron chi connectivity index (χ2n) is 2.80. The molecule has 0 aliphatic heterocycles. The van der Waals surface area contributed by atoms with Crippen LogP contribution in [0.25, 0.3) is 0 Å². The minimum atomic E-state index is -0.131. The molecule has 0 aromatic rings. The molecule has 0 aromatic carbocycles. The van der Waals surface area contributed by atoms with Crippen LogP contribution in [0.1, 0.15) is 26.2 Å². The van der Waals surface area contributed by atoms with Crippen molar-refractivity contribution in [1.29, 1.82) is 0 Å². The first-order valence-corrected chi connectivity index (χ1v) is 3.97. The van der Waals surface area contributed by atoms with Gasteiger partial charge in [-0.1, -0.05) is 6.92 Å². The summed E-state index contributed by atoms with van der Waals surface area (Å²) in [5, 5.41) is 0. The number of methoxy groups -OCH3 is 1. The standard InChI is InChI=1S/C8H17NO2/c1-7(5-6-9)3-4-8(10)11-2/h7H,3-6,9H2,1-2H3/t7-/m0/s1. The van der Waals surface area contributed by atoms with Crippen LogP contribution in [-0.2, 0) is 9.53 Å². The van der Waals surface area contributed by atoms with Gasteiger partial charge in [-0.3, -0.25) is 4.79 Å². The van der Waals surface area contributed by atoms with Crippen molar-refractivity contribution in [2.24, 2.45) is 11.7 Å². The van der Waals surface area contributed by atoms with Crippen LogP contribution >= 0.6 is 0 Å². The highest BCUT2D eigenvalue weighted by Gasteiger charge is 2.04. The molecule has 66 valence electrons. The van der Waals surface area contributed by atoms with Crippen molar-refractivity contribution >= 4 is 5.97 Å². The van der Waals surface area contributed by atoms with Gasteiger partial charge in [-0.2, -0.15) is 0 Å². The highest BCUT2D eigenvalue weighted by atomic mass is 16.5. The van der Waals surface area contributed by atoms with Crippen molar-refractivity contribution in [3.8, 4) is 0 Å². The fraction of sp³-hybridized carbons (Fsp3) is 0.875. The van der Waals surface area contributed by atoms with E-state index < -0.39 is 0 Å². The molecule has 1 atom stereocenters. The molecule has 0 aliphatic rings. The maximum atomic E-state index is 10.7. The second-order valence-corrected chi connectivity index (χ2v) is 2.80. The lowest BCUT2D eigenvalue weighted by molar-refractivity contribution is -0.140.